The van der Waals surface area contributed by atoms with Crippen LogP contribution < -0.4 is 11.4 Å². The zero-order chi connectivity index (χ0) is 39.0. The highest BCUT2D eigenvalue weighted by molar-refractivity contribution is 7.53. The molecule has 2 rings (SSSR count). The predicted molar refractivity (Wildman–Crippen MR) is 212 cm³/mol. The smallest absolute Gasteiger partial charge is 0.351 e. The fourth-order valence-corrected chi connectivity index (χ4v) is 6.87. The Morgan fingerprint density at radius 2 is 1.55 bits per heavy atom. The molecule has 0 aliphatic carbocycles. The van der Waals surface area contributed by atoms with Crippen molar-refractivity contribution >= 4 is 19.2 Å². The van der Waals surface area contributed by atoms with Gasteiger partial charge in [0.1, 0.15) is 23.8 Å². The average molecular weight is 761 g/mol. The Morgan fingerprint density at radius 1 is 1.00 bits per heavy atom. The van der Waals surface area contributed by atoms with Crippen LogP contribution in [0.15, 0.2) is 90.0 Å². The van der Waals surface area contributed by atoms with E-state index in [9.17, 15) is 19.3 Å². The number of aliphatic hydroxyl groups excluding tert-OH is 1. The molecule has 1 saturated heterocycles. The minimum atomic E-state index is -3.58. The summed E-state index contributed by atoms with van der Waals surface area (Å²) in [4.78, 5) is 30.2. The first-order valence-corrected chi connectivity index (χ1v) is 20.4. The number of halogens is 1. The first kappa shape index (κ1) is 45.9. The Kier molecular flexibility index (Phi) is 22.3. The fourth-order valence-electron chi connectivity index (χ4n) is 5.55. The standard InChI is InChI=1S/C40H62FN4O7P/c1-5-6-7-8-9-10-11-12-13-14-15-16-17-18-19-20-21-22-23-26-34(46)27-24-29-44(3)30-25-32-53(49,50-4)51-33-35-37(47)40(2,41)38(52-35)45-31-28-36(42)43-39(45)48/h6-7,9-10,12-13,15-16,18-19,21-22,28,31,35,37-38,47H,5,8,11,14,17,20,23-27,29-30,32-33H2,1-4H3,(H2,42,43,48)/b7-6-,10-9-,13-12-,16-15-,19-18-,22-21-/t35-,37-,38-,40-,53?/m1/s1. The van der Waals surface area contributed by atoms with Gasteiger partial charge in [0.25, 0.3) is 0 Å². The van der Waals surface area contributed by atoms with Crippen molar-refractivity contribution in [2.45, 2.75) is 109 Å². The molecular formula is C40H62FN4O7P. The number of nitrogens with two attached hydrogens (primary N) is 1. The maximum absolute atomic E-state index is 15.5. The van der Waals surface area contributed by atoms with Gasteiger partial charge >= 0.3 is 13.3 Å². The minimum Gasteiger partial charge on any atom is -0.387 e. The van der Waals surface area contributed by atoms with Crippen LogP contribution in [0.3, 0.4) is 0 Å². The van der Waals surface area contributed by atoms with Crippen molar-refractivity contribution in [1.29, 1.82) is 0 Å². The predicted octanol–water partition coefficient (Wildman–Crippen LogP) is 7.82. The highest BCUT2D eigenvalue weighted by atomic mass is 31.2. The van der Waals surface area contributed by atoms with Gasteiger partial charge in [-0.1, -0.05) is 79.8 Å². The molecular weight excluding hydrogens is 698 g/mol. The molecule has 1 aliphatic rings. The molecule has 13 heteroatoms. The van der Waals surface area contributed by atoms with E-state index >= 15 is 4.39 Å². The second-order valence-corrected chi connectivity index (χ2v) is 15.5. The van der Waals surface area contributed by atoms with Crippen molar-refractivity contribution < 1.29 is 32.6 Å². The summed E-state index contributed by atoms with van der Waals surface area (Å²) < 4.78 is 45.9. The van der Waals surface area contributed by atoms with Gasteiger partial charge in [-0.3, -0.25) is 13.9 Å². The third-order valence-electron chi connectivity index (χ3n) is 8.69. The Labute approximate surface area is 315 Å². The number of alkyl halides is 1. The van der Waals surface area contributed by atoms with Crippen molar-refractivity contribution in [3.8, 4) is 0 Å². The van der Waals surface area contributed by atoms with Crippen LogP contribution in [0.1, 0.15) is 90.7 Å². The van der Waals surface area contributed by atoms with Crippen LogP contribution in [0.25, 0.3) is 0 Å². The van der Waals surface area contributed by atoms with E-state index in [0.717, 1.165) is 62.9 Å². The van der Waals surface area contributed by atoms with Crippen LogP contribution in [0.5, 0.6) is 0 Å². The van der Waals surface area contributed by atoms with Crippen molar-refractivity contribution in [1.82, 2.24) is 14.5 Å². The number of Topliss-reactive ketones (excluding diaryl/α,β-unsaturated/α-hetero) is 1. The summed E-state index contributed by atoms with van der Waals surface area (Å²) in [5.74, 6) is 0.203. The summed E-state index contributed by atoms with van der Waals surface area (Å²) in [6, 6.07) is 1.32. The van der Waals surface area contributed by atoms with E-state index in [1.54, 1.807) is 0 Å². The van der Waals surface area contributed by atoms with Crippen LogP contribution in [0, 0.1) is 0 Å². The van der Waals surface area contributed by atoms with Crippen LogP contribution in [-0.4, -0.2) is 83.2 Å². The third kappa shape index (κ3) is 18.1. The topological polar surface area (TPSA) is 146 Å². The largest absolute Gasteiger partial charge is 0.387 e. The number of aromatic nitrogens is 2. The Morgan fingerprint density at radius 3 is 2.09 bits per heavy atom. The number of hydrogen-bond acceptors (Lipinski definition) is 10. The first-order valence-electron chi connectivity index (χ1n) is 18.7. The molecule has 5 atom stereocenters. The maximum Gasteiger partial charge on any atom is 0.351 e. The van der Waals surface area contributed by atoms with Crippen LogP contribution in [0.4, 0.5) is 10.2 Å². The molecule has 11 nitrogen and oxygen atoms in total. The summed E-state index contributed by atoms with van der Waals surface area (Å²) in [6.45, 7) is 4.15. The molecule has 296 valence electrons. The number of anilines is 1. The number of nitrogens with zero attached hydrogens (tertiary/aromatic N) is 3. The summed E-state index contributed by atoms with van der Waals surface area (Å²) in [5.41, 5.74) is 2.33. The van der Waals surface area contributed by atoms with Crippen LogP contribution >= 0.6 is 7.60 Å². The quantitative estimate of drug-likeness (QED) is 0.0673. The van der Waals surface area contributed by atoms with E-state index in [4.69, 9.17) is 19.5 Å². The second-order valence-electron chi connectivity index (χ2n) is 13.2. The van der Waals surface area contributed by atoms with E-state index in [-0.39, 0.29) is 17.8 Å². The Hall–Kier alpha value is -3.25. The van der Waals surface area contributed by atoms with E-state index in [1.165, 1.54) is 19.4 Å². The molecule has 1 aliphatic heterocycles. The molecule has 53 heavy (non-hydrogen) atoms. The van der Waals surface area contributed by atoms with Gasteiger partial charge < -0.3 is 29.5 Å². The second kappa shape index (κ2) is 25.7. The van der Waals surface area contributed by atoms with Gasteiger partial charge in [-0.15, -0.1) is 0 Å². The van der Waals surface area contributed by atoms with Gasteiger partial charge in [0, 0.05) is 26.1 Å². The lowest BCUT2D eigenvalue weighted by Crippen LogP contribution is -2.43. The Balaban J connectivity index is 1.55. The molecule has 1 aromatic heterocycles. The highest BCUT2D eigenvalue weighted by Crippen LogP contribution is 2.49. The number of carbonyl (C=O) groups excluding carboxylic acids is 1. The van der Waals surface area contributed by atoms with E-state index < -0.39 is 44.0 Å². The highest BCUT2D eigenvalue weighted by Gasteiger charge is 2.55. The molecule has 0 radical (unpaired) electrons. The normalized spacial score (nSPS) is 22.3. The van der Waals surface area contributed by atoms with Crippen molar-refractivity contribution in [2.24, 2.45) is 0 Å². The Bertz CT molecular complexity index is 1500. The molecule has 0 aromatic carbocycles. The maximum atomic E-state index is 15.5. The lowest BCUT2D eigenvalue weighted by atomic mass is 9.98. The van der Waals surface area contributed by atoms with E-state index in [0.29, 0.717) is 32.4 Å². The molecule has 0 amide bonds. The van der Waals surface area contributed by atoms with Crippen molar-refractivity contribution in [3.05, 3.63) is 95.7 Å². The number of carbonyl (C=O) groups is 1. The minimum absolute atomic E-state index is 0.0296. The van der Waals surface area contributed by atoms with Crippen LogP contribution in [0.2, 0.25) is 0 Å². The number of aliphatic hydroxyl groups is 1. The molecule has 0 saturated carbocycles. The summed E-state index contributed by atoms with van der Waals surface area (Å²) in [6.07, 6.45) is 31.7. The lowest BCUT2D eigenvalue weighted by Gasteiger charge is -2.24. The van der Waals surface area contributed by atoms with Gasteiger partial charge in [-0.05, 0) is 90.9 Å². The summed E-state index contributed by atoms with van der Waals surface area (Å²) >= 11 is 0. The molecule has 3 N–H and O–H groups in total. The molecule has 1 fully saturated rings. The van der Waals surface area contributed by atoms with Gasteiger partial charge in [-0.2, -0.15) is 4.98 Å². The zero-order valence-electron chi connectivity index (χ0n) is 32.1. The monoisotopic (exact) mass is 760 g/mol. The molecule has 2 heterocycles. The number of hydrogen-bond donors (Lipinski definition) is 2. The van der Waals surface area contributed by atoms with E-state index in [1.807, 2.05) is 7.05 Å². The van der Waals surface area contributed by atoms with Gasteiger partial charge in [-0.25, -0.2) is 9.18 Å². The lowest BCUT2D eigenvalue weighted by molar-refractivity contribution is -0.119. The van der Waals surface area contributed by atoms with Gasteiger partial charge in [0.2, 0.25) is 0 Å². The number of ketones is 1. The first-order chi connectivity index (χ1) is 25.4. The molecule has 0 bridgehead atoms. The summed E-state index contributed by atoms with van der Waals surface area (Å²) in [5, 5.41) is 10.6. The molecule has 0 spiro atoms. The van der Waals surface area contributed by atoms with E-state index in [2.05, 4.69) is 89.7 Å². The van der Waals surface area contributed by atoms with Crippen molar-refractivity contribution in [2.75, 3.05) is 45.7 Å². The number of ether oxygens (including phenoxy) is 1. The fraction of sp³-hybridized carbons (Fsp3) is 0.575. The van der Waals surface area contributed by atoms with Crippen molar-refractivity contribution in [3.63, 3.8) is 0 Å². The van der Waals surface area contributed by atoms with Crippen LogP contribution in [-0.2, 0) is 23.1 Å². The number of allylic oxidation sites excluding steroid dienone is 12. The third-order valence-corrected chi connectivity index (χ3v) is 10.7. The van der Waals surface area contributed by atoms with Gasteiger partial charge in [0.15, 0.2) is 11.9 Å². The number of rotatable bonds is 27. The average Bonchev–Trinajstić information content (AvgIpc) is 3.35. The summed E-state index contributed by atoms with van der Waals surface area (Å²) in [7, 11) is -0.378. The zero-order valence-corrected chi connectivity index (χ0v) is 33.0. The molecule has 1 aromatic rings. The molecule has 1 unspecified atom stereocenters. The SMILES string of the molecule is CC/C=C\C/C=C\C/C=C\C/C=C\C/C=C\C/C=C\CCC(=O)CCCN(C)CCCP(=O)(OC)OC[C@H]1O[C@@H](n2ccc(N)nc2=O)[C@](C)(F)[C@@H]1O. The number of nitrogen functional groups attached to an aromatic ring is 1. The van der Waals surface area contributed by atoms with Gasteiger partial charge in [0.05, 0.1) is 12.8 Å².